The summed E-state index contributed by atoms with van der Waals surface area (Å²) in [6, 6.07) is 1.39. The summed E-state index contributed by atoms with van der Waals surface area (Å²) in [5.41, 5.74) is 4.13. The van der Waals surface area contributed by atoms with E-state index >= 15 is 7.77 Å². The van der Waals surface area contributed by atoms with Crippen molar-refractivity contribution in [3.63, 3.8) is 0 Å². The van der Waals surface area contributed by atoms with Gasteiger partial charge in [0.2, 0.25) is 11.4 Å². The van der Waals surface area contributed by atoms with E-state index in [1.165, 1.54) is 6.07 Å². The Labute approximate surface area is 134 Å². The molecule has 0 amide bonds. The summed E-state index contributed by atoms with van der Waals surface area (Å²) in [7, 11) is 0. The first kappa shape index (κ1) is 15.1. The van der Waals surface area contributed by atoms with Gasteiger partial charge in [0, 0.05) is 23.6 Å². The Morgan fingerprint density at radius 2 is 1.81 bits per heavy atom. The van der Waals surface area contributed by atoms with E-state index in [-0.39, 0.29) is 10.2 Å². The van der Waals surface area contributed by atoms with E-state index in [0.29, 0.717) is 17.1 Å². The van der Waals surface area contributed by atoms with Crippen molar-refractivity contribution in [2.24, 2.45) is 0 Å². The van der Waals surface area contributed by atoms with Crippen LogP contribution in [0.5, 0.6) is 0 Å². The second-order valence-corrected chi connectivity index (χ2v) is 7.54. The molecule has 0 spiro atoms. The zero-order valence-electron chi connectivity index (χ0n) is 12.1. The lowest BCUT2D eigenvalue weighted by atomic mass is 10.0. The van der Waals surface area contributed by atoms with E-state index in [4.69, 9.17) is 23.2 Å². The molecule has 1 aromatic heterocycles. The van der Waals surface area contributed by atoms with Gasteiger partial charge in [-0.05, 0) is 26.3 Å². The molecule has 0 N–H and O–H groups in total. The summed E-state index contributed by atoms with van der Waals surface area (Å²) in [5.74, 6) is 0. The first-order valence-corrected chi connectivity index (χ1v) is 8.69. The van der Waals surface area contributed by atoms with Crippen LogP contribution in [0.3, 0.4) is 0 Å². The smallest absolute Gasteiger partial charge is 0.189 e. The van der Waals surface area contributed by atoms with E-state index in [1.807, 2.05) is 20.8 Å². The fourth-order valence-corrected chi connectivity index (χ4v) is 5.95. The molecule has 0 saturated heterocycles. The summed E-state index contributed by atoms with van der Waals surface area (Å²) in [6.45, 7) is 7.43. The minimum atomic E-state index is -4.29. The Balaban J connectivity index is 2.46. The lowest BCUT2D eigenvalue weighted by Gasteiger charge is -2.27. The second-order valence-electron chi connectivity index (χ2n) is 5.18. The van der Waals surface area contributed by atoms with Gasteiger partial charge >= 0.3 is 11.2 Å². The molecule has 0 saturated carbocycles. The highest BCUT2D eigenvalue weighted by atomic mass is 35.5. The number of aromatic nitrogens is 1. The molecule has 1 aromatic rings. The summed E-state index contributed by atoms with van der Waals surface area (Å²) < 4.78 is 32.2. The molecule has 3 rings (SSSR count). The molecular weight excluding hydrogens is 337 g/mol. The molecule has 0 radical (unpaired) electrons. The Morgan fingerprint density at radius 3 is 2.38 bits per heavy atom. The molecule has 0 atom stereocenters. The highest BCUT2D eigenvalue weighted by Gasteiger charge is 2.54. The molecule has 114 valence electrons. The lowest BCUT2D eigenvalue weighted by Crippen LogP contribution is -2.25. The SMILES string of the molecule is CCC1=C(C)C2=C(C)c3c(Cl)cc(Cl)n3S(F)(F)[N+]2=C1C. The van der Waals surface area contributed by atoms with Gasteiger partial charge in [-0.1, -0.05) is 41.9 Å². The number of hydrogen-bond acceptors (Lipinski definition) is 0. The van der Waals surface area contributed by atoms with Gasteiger partial charge in [0.1, 0.15) is 5.15 Å². The fraction of sp³-hybridized carbons (Fsp3) is 0.357. The van der Waals surface area contributed by atoms with Gasteiger partial charge in [0.05, 0.1) is 10.7 Å². The third-order valence-electron chi connectivity index (χ3n) is 4.12. The lowest BCUT2D eigenvalue weighted by molar-refractivity contribution is -0.304. The molecule has 2 nitrogen and oxygen atoms in total. The summed E-state index contributed by atoms with van der Waals surface area (Å²) in [5, 5.41) is 0.246. The number of hydrogen-bond donors (Lipinski definition) is 0. The maximum atomic E-state index is 15.1. The quantitative estimate of drug-likeness (QED) is 0.548. The summed E-state index contributed by atoms with van der Waals surface area (Å²) in [4.78, 5) is 0. The monoisotopic (exact) mass is 351 g/mol. The minimum absolute atomic E-state index is 0.0243. The standard InChI is InChI=1S/C14H15Cl2F2N2S/c1-5-10-7(2)13-8(3)14-11(15)6-12(16)20(14)21(17,18)19(13)9(10)4/h6H,5H2,1-4H3/q+1. The van der Waals surface area contributed by atoms with Crippen molar-refractivity contribution in [2.75, 3.05) is 0 Å². The average molecular weight is 352 g/mol. The first-order chi connectivity index (χ1) is 9.73. The fourth-order valence-electron chi connectivity index (χ4n) is 3.26. The van der Waals surface area contributed by atoms with E-state index in [0.717, 1.165) is 31.1 Å². The molecule has 0 unspecified atom stereocenters. The van der Waals surface area contributed by atoms with Gasteiger partial charge in [-0.3, -0.25) is 0 Å². The Morgan fingerprint density at radius 1 is 1.19 bits per heavy atom. The van der Waals surface area contributed by atoms with Crippen LogP contribution in [-0.4, -0.2) is 13.7 Å². The zero-order valence-corrected chi connectivity index (χ0v) is 14.4. The predicted molar refractivity (Wildman–Crippen MR) is 86.2 cm³/mol. The predicted octanol–water partition coefficient (Wildman–Crippen LogP) is 6.00. The van der Waals surface area contributed by atoms with Crippen LogP contribution in [0.2, 0.25) is 10.2 Å². The second kappa shape index (κ2) is 4.61. The van der Waals surface area contributed by atoms with Crippen LogP contribution < -0.4 is 0 Å². The molecule has 2 aliphatic heterocycles. The molecule has 21 heavy (non-hydrogen) atoms. The normalized spacial score (nSPS) is 21.9. The van der Waals surface area contributed by atoms with E-state index in [2.05, 4.69) is 0 Å². The summed E-state index contributed by atoms with van der Waals surface area (Å²) in [6.07, 6.45) is 0.719. The molecule has 0 fully saturated rings. The highest BCUT2D eigenvalue weighted by Crippen LogP contribution is 2.64. The molecular formula is C14H15Cl2F2N2S+. The third kappa shape index (κ3) is 1.74. The molecule has 0 bridgehead atoms. The van der Waals surface area contributed by atoms with Gasteiger partial charge in [0.25, 0.3) is 0 Å². The average Bonchev–Trinajstić information content (AvgIpc) is 2.82. The van der Waals surface area contributed by atoms with Gasteiger partial charge in [0.15, 0.2) is 0 Å². The minimum Gasteiger partial charge on any atom is -0.189 e. The molecule has 0 aromatic carbocycles. The highest BCUT2D eigenvalue weighted by molar-refractivity contribution is 8.18. The van der Waals surface area contributed by atoms with E-state index in [9.17, 15) is 0 Å². The van der Waals surface area contributed by atoms with Crippen LogP contribution in [0.25, 0.3) is 5.57 Å². The molecule has 3 heterocycles. The zero-order chi connectivity index (χ0) is 15.7. The van der Waals surface area contributed by atoms with Crippen LogP contribution in [0.4, 0.5) is 7.77 Å². The number of halogens is 4. The first-order valence-electron chi connectivity index (χ1n) is 6.58. The van der Waals surface area contributed by atoms with Gasteiger partial charge in [-0.25, -0.2) is 0 Å². The van der Waals surface area contributed by atoms with Crippen molar-refractivity contribution in [1.82, 2.24) is 3.97 Å². The third-order valence-corrected chi connectivity index (χ3v) is 6.51. The van der Waals surface area contributed by atoms with Crippen molar-refractivity contribution in [2.45, 2.75) is 34.1 Å². The van der Waals surface area contributed by atoms with Gasteiger partial charge in [-0.15, -0.1) is 0 Å². The molecule has 2 aliphatic rings. The van der Waals surface area contributed by atoms with E-state index in [1.54, 1.807) is 6.92 Å². The van der Waals surface area contributed by atoms with Crippen LogP contribution in [0.15, 0.2) is 22.9 Å². The van der Waals surface area contributed by atoms with Gasteiger partial charge < -0.3 is 0 Å². The summed E-state index contributed by atoms with van der Waals surface area (Å²) >= 11 is 7.84. The molecule has 7 heteroatoms. The van der Waals surface area contributed by atoms with Crippen molar-refractivity contribution in [1.29, 1.82) is 0 Å². The van der Waals surface area contributed by atoms with Crippen LogP contribution in [0.1, 0.15) is 39.8 Å². The maximum absolute atomic E-state index is 15.1. The number of nitrogens with zero attached hydrogens (tertiary/aromatic N) is 2. The van der Waals surface area contributed by atoms with E-state index < -0.39 is 11.2 Å². The number of rotatable bonds is 1. The maximum Gasteiger partial charge on any atom is 0.389 e. The van der Waals surface area contributed by atoms with Crippen molar-refractivity contribution >= 4 is 45.7 Å². The van der Waals surface area contributed by atoms with Crippen LogP contribution in [-0.2, 0) is 0 Å². The van der Waals surface area contributed by atoms with Crippen LogP contribution >= 0.6 is 34.4 Å². The largest absolute Gasteiger partial charge is 0.389 e. The molecule has 0 aliphatic carbocycles. The van der Waals surface area contributed by atoms with Gasteiger partial charge in [-0.2, -0.15) is 3.97 Å². The Kier molecular flexibility index (Phi) is 3.32. The number of allylic oxidation sites excluding steroid dienone is 3. The number of fused-ring (bicyclic) bond motifs is 2. The Bertz CT molecular complexity index is 772. The Hall–Kier alpha value is -0.780. The van der Waals surface area contributed by atoms with Crippen molar-refractivity contribution < 1.29 is 11.8 Å². The van der Waals surface area contributed by atoms with Crippen molar-refractivity contribution in [3.8, 4) is 0 Å². The van der Waals surface area contributed by atoms with Crippen molar-refractivity contribution in [3.05, 3.63) is 38.8 Å². The topological polar surface area (TPSA) is 7.94 Å². The van der Waals surface area contributed by atoms with Crippen LogP contribution in [0, 0.1) is 0 Å².